The van der Waals surface area contributed by atoms with Crippen molar-refractivity contribution in [3.05, 3.63) is 206 Å². The van der Waals surface area contributed by atoms with Crippen LogP contribution in [0.5, 0.6) is 0 Å². The minimum Gasteiger partial charge on any atom is -0.310 e. The first-order valence-electron chi connectivity index (χ1n) is 21.8. The summed E-state index contributed by atoms with van der Waals surface area (Å²) in [4.78, 5) is 2.42. The Balaban J connectivity index is 0.946. The third kappa shape index (κ3) is 5.53. The van der Waals surface area contributed by atoms with Gasteiger partial charge in [0.05, 0.1) is 11.0 Å². The fraction of sp³-hybridized carbons (Fsp3) is 0.0690. The van der Waals surface area contributed by atoms with Crippen LogP contribution in [0.4, 0.5) is 17.1 Å². The van der Waals surface area contributed by atoms with Crippen molar-refractivity contribution in [3.8, 4) is 50.2 Å². The SMILES string of the molecule is C[Si]1(C)c2ccccc2-c2cc(-n3c4ccccc4c4cc(-c5ccc(N(c6ccc(-c7ccccc7)cc6)c6ccc7c(c6)-c6ccccc6[Si-]7(C)C)cc5)ccc43)ccc21. The molecule has 3 heterocycles. The minimum atomic E-state index is -1.78. The number of para-hydroxylation sites is 1. The Labute approximate surface area is 366 Å². The number of anilines is 3. The van der Waals surface area contributed by atoms with Gasteiger partial charge in [-0.3, -0.25) is 0 Å². The molecule has 10 aromatic rings. The van der Waals surface area contributed by atoms with E-state index in [9.17, 15) is 0 Å². The van der Waals surface area contributed by atoms with Crippen molar-refractivity contribution in [1.29, 1.82) is 0 Å². The Morgan fingerprint density at radius 1 is 0.387 bits per heavy atom. The Morgan fingerprint density at radius 3 is 1.73 bits per heavy atom. The third-order valence-corrected chi connectivity index (χ3v) is 21.1. The summed E-state index contributed by atoms with van der Waals surface area (Å²) in [7, 11) is -3.52. The van der Waals surface area contributed by atoms with Crippen LogP contribution in [-0.2, 0) is 0 Å². The predicted molar refractivity (Wildman–Crippen MR) is 271 cm³/mol. The quantitative estimate of drug-likeness (QED) is 0.152. The van der Waals surface area contributed by atoms with Gasteiger partial charge >= 0.3 is 0 Å². The fourth-order valence-corrected chi connectivity index (χ4v) is 17.0. The second-order valence-electron chi connectivity index (χ2n) is 18.2. The van der Waals surface area contributed by atoms with Crippen LogP contribution in [0.2, 0.25) is 26.2 Å². The van der Waals surface area contributed by atoms with Crippen LogP contribution in [0, 0.1) is 0 Å². The van der Waals surface area contributed by atoms with E-state index >= 15 is 0 Å². The topological polar surface area (TPSA) is 8.17 Å². The lowest BCUT2D eigenvalue weighted by Crippen LogP contribution is -2.49. The maximum Gasteiger partial charge on any atom is 0.113 e. The highest BCUT2D eigenvalue weighted by atomic mass is 28.3. The Hall–Kier alpha value is -6.99. The molecule has 0 unspecified atom stereocenters. The summed E-state index contributed by atoms with van der Waals surface area (Å²) >= 11 is 0. The summed E-state index contributed by atoms with van der Waals surface area (Å²) in [6.45, 7) is 9.94. The average Bonchev–Trinajstić information content (AvgIpc) is 3.86. The number of rotatable bonds is 6. The van der Waals surface area contributed by atoms with Crippen molar-refractivity contribution in [2.45, 2.75) is 26.2 Å². The molecule has 2 aliphatic heterocycles. The summed E-state index contributed by atoms with van der Waals surface area (Å²) in [6.07, 6.45) is 0. The number of nitrogens with zero attached hydrogens (tertiary/aromatic N) is 2. The standard InChI is InChI=1S/C58H46N2Si2/c1-61(2)55-20-12-9-17-48(55)51-37-45(31-34-57(51)61)59(43-27-22-40(23-28-43)39-14-6-5-7-15-39)44-29-24-41(25-30-44)42-26-33-54-50(36-42)47-16-8-11-19-53(47)60(54)46-32-35-58-52(38-46)49-18-10-13-21-56(49)62(58,3)4/h5-38H,1-4H3/q-1. The summed E-state index contributed by atoms with van der Waals surface area (Å²) in [5, 5.41) is 8.65. The number of fused-ring (bicyclic) bond motifs is 9. The summed E-state index contributed by atoms with van der Waals surface area (Å²) in [6, 6.07) is 77.3. The van der Waals surface area contributed by atoms with Gasteiger partial charge < -0.3 is 9.47 Å². The molecule has 0 saturated carbocycles. The van der Waals surface area contributed by atoms with Crippen LogP contribution in [-0.4, -0.2) is 20.7 Å². The Kier molecular flexibility index (Phi) is 8.18. The van der Waals surface area contributed by atoms with Gasteiger partial charge in [-0.2, -0.15) is 23.5 Å². The second-order valence-corrected chi connectivity index (χ2v) is 26.8. The molecule has 12 rings (SSSR count). The van der Waals surface area contributed by atoms with Gasteiger partial charge in [-0.1, -0.05) is 166 Å². The number of hydrogen-bond acceptors (Lipinski definition) is 1. The third-order valence-electron chi connectivity index (χ3n) is 14.0. The molecule has 2 aliphatic rings. The number of benzene rings is 9. The van der Waals surface area contributed by atoms with Crippen LogP contribution in [0.25, 0.3) is 72.0 Å². The lowest BCUT2D eigenvalue weighted by molar-refractivity contribution is 1.18. The van der Waals surface area contributed by atoms with E-state index in [1.165, 1.54) is 98.4 Å². The molecule has 0 bridgehead atoms. The normalized spacial score (nSPS) is 14.1. The van der Waals surface area contributed by atoms with Crippen LogP contribution in [0.15, 0.2) is 206 Å². The van der Waals surface area contributed by atoms with Crippen LogP contribution < -0.4 is 25.6 Å². The number of hydrogen-bond donors (Lipinski definition) is 0. The molecular weight excluding hydrogens is 781 g/mol. The molecule has 2 nitrogen and oxygen atoms in total. The average molecular weight is 827 g/mol. The first-order chi connectivity index (χ1) is 30.3. The zero-order valence-corrected chi connectivity index (χ0v) is 37.5. The molecule has 297 valence electrons. The van der Waals surface area contributed by atoms with E-state index in [0.717, 1.165) is 11.4 Å². The zero-order valence-electron chi connectivity index (χ0n) is 35.5. The van der Waals surface area contributed by atoms with Crippen molar-refractivity contribution in [2.24, 2.45) is 0 Å². The molecule has 0 N–H and O–H groups in total. The second kappa shape index (κ2) is 13.8. The van der Waals surface area contributed by atoms with E-state index in [1.54, 1.807) is 0 Å². The van der Waals surface area contributed by atoms with Gasteiger partial charge in [-0.15, -0.1) is 0 Å². The van der Waals surface area contributed by atoms with Crippen molar-refractivity contribution >= 4 is 75.8 Å². The van der Waals surface area contributed by atoms with Crippen molar-refractivity contribution in [1.82, 2.24) is 4.57 Å². The highest BCUT2D eigenvalue weighted by Gasteiger charge is 2.37. The highest BCUT2D eigenvalue weighted by molar-refractivity contribution is 7.04. The molecule has 0 amide bonds. The van der Waals surface area contributed by atoms with Crippen molar-refractivity contribution in [2.75, 3.05) is 4.90 Å². The van der Waals surface area contributed by atoms with E-state index in [1.807, 2.05) is 0 Å². The zero-order chi connectivity index (χ0) is 41.7. The molecule has 0 radical (unpaired) electrons. The molecule has 0 spiro atoms. The van der Waals surface area contributed by atoms with E-state index < -0.39 is 16.1 Å². The lowest BCUT2D eigenvalue weighted by Gasteiger charge is -2.32. The van der Waals surface area contributed by atoms with Gasteiger partial charge in [-0.25, -0.2) is 0 Å². The van der Waals surface area contributed by atoms with Gasteiger partial charge in [0.1, 0.15) is 8.07 Å². The van der Waals surface area contributed by atoms with Gasteiger partial charge in [0, 0.05) is 33.5 Å². The summed E-state index contributed by atoms with van der Waals surface area (Å²) < 4.78 is 2.47. The van der Waals surface area contributed by atoms with Gasteiger partial charge in [-0.05, 0) is 116 Å². The minimum absolute atomic E-state index is 1.13. The number of aromatic nitrogens is 1. The van der Waals surface area contributed by atoms with Crippen LogP contribution >= 0.6 is 0 Å². The first-order valence-corrected chi connectivity index (χ1v) is 27.8. The predicted octanol–water partition coefficient (Wildman–Crippen LogP) is 13.2. The van der Waals surface area contributed by atoms with Crippen LogP contribution in [0.3, 0.4) is 0 Å². The Morgan fingerprint density at radius 2 is 0.952 bits per heavy atom. The lowest BCUT2D eigenvalue weighted by atomic mass is 10.0. The molecule has 9 aromatic carbocycles. The largest absolute Gasteiger partial charge is 0.310 e. The fourth-order valence-electron chi connectivity index (χ4n) is 10.8. The maximum atomic E-state index is 2.49. The summed E-state index contributed by atoms with van der Waals surface area (Å²) in [5.41, 5.74) is 17.5. The van der Waals surface area contributed by atoms with Crippen LogP contribution in [0.1, 0.15) is 0 Å². The van der Waals surface area contributed by atoms with Gasteiger partial charge in [0.15, 0.2) is 0 Å². The molecule has 0 saturated heterocycles. The molecule has 0 fully saturated rings. The molecule has 0 atom stereocenters. The molecule has 1 aromatic heterocycles. The highest BCUT2D eigenvalue weighted by Crippen LogP contribution is 2.41. The molecule has 4 heteroatoms. The summed E-state index contributed by atoms with van der Waals surface area (Å²) in [5.74, 6) is 0. The van der Waals surface area contributed by atoms with Gasteiger partial charge in [0.2, 0.25) is 0 Å². The smallest absolute Gasteiger partial charge is 0.113 e. The van der Waals surface area contributed by atoms with E-state index in [4.69, 9.17) is 0 Å². The van der Waals surface area contributed by atoms with Crippen molar-refractivity contribution < 1.29 is 0 Å². The monoisotopic (exact) mass is 826 g/mol. The molecule has 62 heavy (non-hydrogen) atoms. The van der Waals surface area contributed by atoms with E-state index in [-0.39, 0.29) is 0 Å². The molecular formula is C58H46N2Si2-. The Bertz CT molecular complexity index is 3400. The van der Waals surface area contributed by atoms with Crippen molar-refractivity contribution in [3.63, 3.8) is 0 Å². The maximum absolute atomic E-state index is 2.49. The van der Waals surface area contributed by atoms with E-state index in [2.05, 4.69) is 242 Å². The van der Waals surface area contributed by atoms with E-state index in [0.29, 0.717) is 0 Å². The van der Waals surface area contributed by atoms with Gasteiger partial charge in [0.25, 0.3) is 0 Å². The first kappa shape index (κ1) is 36.8. The molecule has 0 aliphatic carbocycles.